The van der Waals surface area contributed by atoms with Gasteiger partial charge >= 0.3 is 0 Å². The first-order valence-electron chi connectivity index (χ1n) is 8.67. The fraction of sp³-hybridized carbons (Fsp3) is 0.143. The van der Waals surface area contributed by atoms with Crippen LogP contribution in [0.25, 0.3) is 0 Å². The summed E-state index contributed by atoms with van der Waals surface area (Å²) < 4.78 is 30.0. The third-order valence-electron chi connectivity index (χ3n) is 4.27. The van der Waals surface area contributed by atoms with Gasteiger partial charge in [0.1, 0.15) is 0 Å². The van der Waals surface area contributed by atoms with E-state index in [1.165, 1.54) is 0 Å². The highest BCUT2D eigenvalue weighted by Crippen LogP contribution is 2.23. The maximum absolute atomic E-state index is 12.7. The molecule has 0 saturated heterocycles. The Bertz CT molecular complexity index is 1020. The summed E-state index contributed by atoms with van der Waals surface area (Å²) in [6, 6.07) is 22.2. The summed E-state index contributed by atoms with van der Waals surface area (Å²) in [5.74, 6) is 0. The van der Waals surface area contributed by atoms with Gasteiger partial charge < -0.3 is 5.32 Å². The predicted molar refractivity (Wildman–Crippen MR) is 121 cm³/mol. The Balaban J connectivity index is 1.81. The quantitative estimate of drug-likeness (QED) is 0.420. The summed E-state index contributed by atoms with van der Waals surface area (Å²) in [6.45, 7) is 2.14. The minimum absolute atomic E-state index is 0.216. The van der Waals surface area contributed by atoms with E-state index in [9.17, 15) is 8.42 Å². The Morgan fingerprint density at radius 3 is 1.93 bits per heavy atom. The molecule has 0 heterocycles. The molecule has 0 fully saturated rings. The predicted octanol–water partition coefficient (Wildman–Crippen LogP) is 5.65. The monoisotopic (exact) mass is 522 g/mol. The maximum Gasteiger partial charge on any atom is 0.240 e. The molecule has 2 N–H and O–H groups in total. The smallest absolute Gasteiger partial charge is 0.240 e. The van der Waals surface area contributed by atoms with E-state index < -0.39 is 10.0 Å². The zero-order valence-electron chi connectivity index (χ0n) is 15.2. The summed E-state index contributed by atoms with van der Waals surface area (Å²) in [6.07, 6.45) is 0. The van der Waals surface area contributed by atoms with Gasteiger partial charge in [0.25, 0.3) is 0 Å². The van der Waals surface area contributed by atoms with Crippen LogP contribution in [0.2, 0.25) is 0 Å². The van der Waals surface area contributed by atoms with E-state index in [0.717, 1.165) is 25.8 Å². The Kier molecular flexibility index (Phi) is 6.93. The second kappa shape index (κ2) is 9.22. The van der Waals surface area contributed by atoms with Crippen molar-refractivity contribution in [2.45, 2.75) is 17.9 Å². The van der Waals surface area contributed by atoms with Crippen LogP contribution in [0, 0.1) is 6.92 Å². The minimum atomic E-state index is -3.59. The van der Waals surface area contributed by atoms with Crippen LogP contribution in [0.15, 0.2) is 86.6 Å². The van der Waals surface area contributed by atoms with Crippen LogP contribution in [0.4, 0.5) is 5.69 Å². The van der Waals surface area contributed by atoms with Gasteiger partial charge in [-0.15, -0.1) is 0 Å². The Morgan fingerprint density at radius 2 is 1.36 bits per heavy atom. The van der Waals surface area contributed by atoms with Crippen LogP contribution in [-0.2, 0) is 10.0 Å². The molecule has 146 valence electrons. The van der Waals surface area contributed by atoms with Gasteiger partial charge in [-0.05, 0) is 61.0 Å². The molecule has 1 unspecified atom stereocenters. The van der Waals surface area contributed by atoms with Gasteiger partial charge in [-0.3, -0.25) is 0 Å². The van der Waals surface area contributed by atoms with Crippen LogP contribution in [0.5, 0.6) is 0 Å². The molecular weight excluding hydrogens is 504 g/mol. The molecule has 1 atom stereocenters. The lowest BCUT2D eigenvalue weighted by molar-refractivity contribution is 0.576. The third-order valence-corrected chi connectivity index (χ3v) is 6.76. The first kappa shape index (κ1) is 21.0. The first-order valence-corrected chi connectivity index (χ1v) is 11.7. The lowest BCUT2D eigenvalue weighted by Gasteiger charge is -2.21. The van der Waals surface area contributed by atoms with Crippen LogP contribution >= 0.6 is 31.9 Å². The van der Waals surface area contributed by atoms with E-state index in [1.807, 2.05) is 55.5 Å². The maximum atomic E-state index is 12.7. The highest BCUT2D eigenvalue weighted by atomic mass is 79.9. The molecule has 0 bridgehead atoms. The van der Waals surface area contributed by atoms with Gasteiger partial charge in [0.15, 0.2) is 0 Å². The molecule has 3 aromatic carbocycles. The fourth-order valence-corrected chi connectivity index (χ4v) is 4.26. The molecule has 28 heavy (non-hydrogen) atoms. The van der Waals surface area contributed by atoms with Gasteiger partial charge in [0.05, 0.1) is 10.9 Å². The molecule has 0 spiro atoms. The van der Waals surface area contributed by atoms with Crippen molar-refractivity contribution in [3.63, 3.8) is 0 Å². The molecule has 3 aromatic rings. The Labute approximate surface area is 182 Å². The van der Waals surface area contributed by atoms with Crippen LogP contribution in [0.3, 0.4) is 0 Å². The van der Waals surface area contributed by atoms with Crippen LogP contribution in [0.1, 0.15) is 17.2 Å². The second-order valence-corrected chi connectivity index (χ2v) is 10.0. The third kappa shape index (κ3) is 5.67. The van der Waals surface area contributed by atoms with Crippen molar-refractivity contribution in [1.29, 1.82) is 0 Å². The van der Waals surface area contributed by atoms with E-state index in [-0.39, 0.29) is 17.5 Å². The summed E-state index contributed by atoms with van der Waals surface area (Å²) in [4.78, 5) is 0.260. The number of halogens is 2. The normalized spacial score (nSPS) is 12.5. The number of anilines is 1. The summed E-state index contributed by atoms with van der Waals surface area (Å²) in [7, 11) is -3.59. The van der Waals surface area contributed by atoms with Crippen molar-refractivity contribution in [3.8, 4) is 0 Å². The van der Waals surface area contributed by atoms with Crippen LogP contribution < -0.4 is 10.0 Å². The van der Waals surface area contributed by atoms with Gasteiger partial charge in [0, 0.05) is 21.2 Å². The Hall–Kier alpha value is -1.67. The number of rotatable bonds is 7. The van der Waals surface area contributed by atoms with Crippen molar-refractivity contribution in [2.75, 3.05) is 11.9 Å². The molecule has 0 aliphatic rings. The molecule has 3 rings (SSSR count). The van der Waals surface area contributed by atoms with Crippen molar-refractivity contribution >= 4 is 47.6 Å². The molecule has 0 amide bonds. The van der Waals surface area contributed by atoms with Crippen molar-refractivity contribution in [1.82, 2.24) is 4.72 Å². The largest absolute Gasteiger partial charge is 0.377 e. The van der Waals surface area contributed by atoms with Gasteiger partial charge in [-0.1, -0.05) is 61.7 Å². The standard InChI is InChI=1S/C21H20Br2N2O2S/c1-15-2-12-20(13-3-15)28(26,27)24-14-21(16-4-6-17(22)7-5-16)25-19-10-8-18(23)9-11-19/h2-13,21,24-25H,14H2,1H3. The second-order valence-electron chi connectivity index (χ2n) is 6.42. The zero-order chi connectivity index (χ0) is 20.1. The SMILES string of the molecule is Cc1ccc(S(=O)(=O)NCC(Nc2ccc(Br)cc2)c2ccc(Br)cc2)cc1. The van der Waals surface area contributed by atoms with Crippen LogP contribution in [-0.4, -0.2) is 15.0 Å². The number of benzene rings is 3. The highest BCUT2D eigenvalue weighted by Gasteiger charge is 2.18. The molecule has 0 aromatic heterocycles. The average Bonchev–Trinajstić information content (AvgIpc) is 2.68. The number of hydrogen-bond donors (Lipinski definition) is 2. The van der Waals surface area contributed by atoms with E-state index in [4.69, 9.17) is 0 Å². The molecule has 0 aliphatic heterocycles. The topological polar surface area (TPSA) is 58.2 Å². The fourth-order valence-electron chi connectivity index (χ4n) is 2.69. The van der Waals surface area contributed by atoms with E-state index >= 15 is 0 Å². The van der Waals surface area contributed by atoms with Crippen molar-refractivity contribution < 1.29 is 8.42 Å². The number of sulfonamides is 1. The highest BCUT2D eigenvalue weighted by molar-refractivity contribution is 9.10. The summed E-state index contributed by atoms with van der Waals surface area (Å²) in [5.41, 5.74) is 2.91. The van der Waals surface area contributed by atoms with E-state index in [1.54, 1.807) is 24.3 Å². The van der Waals surface area contributed by atoms with Crippen molar-refractivity contribution in [2.24, 2.45) is 0 Å². The van der Waals surface area contributed by atoms with Gasteiger partial charge in [-0.2, -0.15) is 0 Å². The molecule has 0 radical (unpaired) electrons. The molecule has 7 heteroatoms. The molecule has 0 saturated carbocycles. The lowest BCUT2D eigenvalue weighted by Crippen LogP contribution is -2.31. The van der Waals surface area contributed by atoms with E-state index in [0.29, 0.717) is 0 Å². The molecule has 4 nitrogen and oxygen atoms in total. The minimum Gasteiger partial charge on any atom is -0.377 e. The Morgan fingerprint density at radius 1 is 0.821 bits per heavy atom. The number of aryl methyl sites for hydroxylation is 1. The average molecular weight is 524 g/mol. The lowest BCUT2D eigenvalue weighted by atomic mass is 10.1. The number of nitrogens with one attached hydrogen (secondary N) is 2. The molecular formula is C21H20Br2N2O2S. The van der Waals surface area contributed by atoms with Gasteiger partial charge in [0.2, 0.25) is 10.0 Å². The van der Waals surface area contributed by atoms with E-state index in [2.05, 4.69) is 41.9 Å². The zero-order valence-corrected chi connectivity index (χ0v) is 19.2. The summed E-state index contributed by atoms with van der Waals surface area (Å²) >= 11 is 6.87. The van der Waals surface area contributed by atoms with Gasteiger partial charge in [-0.25, -0.2) is 13.1 Å². The summed E-state index contributed by atoms with van der Waals surface area (Å²) in [5, 5.41) is 3.41. The van der Waals surface area contributed by atoms with Crippen molar-refractivity contribution in [3.05, 3.63) is 92.9 Å². The molecule has 0 aliphatic carbocycles. The number of hydrogen-bond acceptors (Lipinski definition) is 3. The first-order chi connectivity index (χ1) is 13.3.